The van der Waals surface area contributed by atoms with Crippen LogP contribution in [0.3, 0.4) is 0 Å². The number of rotatable bonds is 6. The summed E-state index contributed by atoms with van der Waals surface area (Å²) in [5.74, 6) is 3.03. The maximum absolute atomic E-state index is 12.9. The summed E-state index contributed by atoms with van der Waals surface area (Å²) in [6.07, 6.45) is 6.40. The molecule has 0 radical (unpaired) electrons. The molecule has 1 aromatic carbocycles. The van der Waals surface area contributed by atoms with Crippen molar-refractivity contribution in [3.05, 3.63) is 42.0 Å². The third-order valence-electron chi connectivity index (χ3n) is 5.47. The van der Waals surface area contributed by atoms with Gasteiger partial charge in [0.25, 0.3) is 0 Å². The molecule has 7 heteroatoms. The Morgan fingerprint density at radius 1 is 1.29 bits per heavy atom. The second-order valence-corrected chi connectivity index (χ2v) is 7.83. The lowest BCUT2D eigenvalue weighted by Gasteiger charge is -2.33. The minimum absolute atomic E-state index is 0.162. The average molecular weight is 384 g/mol. The maximum atomic E-state index is 12.9. The van der Waals surface area contributed by atoms with E-state index in [-0.39, 0.29) is 12.7 Å². The highest BCUT2D eigenvalue weighted by atomic mass is 16.7. The van der Waals surface area contributed by atoms with Crippen LogP contribution in [-0.2, 0) is 17.8 Å². The number of carbonyl (C=O) groups excluding carboxylic acids is 1. The Morgan fingerprint density at radius 2 is 2.14 bits per heavy atom. The second kappa shape index (κ2) is 8.22. The van der Waals surface area contributed by atoms with Gasteiger partial charge in [-0.1, -0.05) is 6.07 Å². The molecule has 4 rings (SSSR count). The highest BCUT2D eigenvalue weighted by molar-refractivity contribution is 5.79. The molecule has 0 aliphatic carbocycles. The van der Waals surface area contributed by atoms with Gasteiger partial charge in [0.15, 0.2) is 11.5 Å². The van der Waals surface area contributed by atoms with Gasteiger partial charge in [-0.05, 0) is 44.6 Å². The zero-order valence-corrected chi connectivity index (χ0v) is 16.6. The molecular weight excluding hydrogens is 356 g/mol. The molecule has 0 spiro atoms. The molecule has 2 aromatic rings. The quantitative estimate of drug-likeness (QED) is 0.764. The van der Waals surface area contributed by atoms with Crippen LogP contribution < -0.4 is 9.47 Å². The molecule has 7 nitrogen and oxygen atoms in total. The number of aromatic nitrogens is 2. The summed E-state index contributed by atoms with van der Waals surface area (Å²) in [4.78, 5) is 21.7. The van der Waals surface area contributed by atoms with E-state index in [1.54, 1.807) is 0 Å². The number of piperidine rings is 1. The van der Waals surface area contributed by atoms with Crippen LogP contribution >= 0.6 is 0 Å². The smallest absolute Gasteiger partial charge is 0.231 e. The summed E-state index contributed by atoms with van der Waals surface area (Å²) in [6.45, 7) is 3.70. The lowest BCUT2D eigenvalue weighted by molar-refractivity contribution is -0.131. The summed E-state index contributed by atoms with van der Waals surface area (Å²) in [7, 11) is 4.15. The SMILES string of the molecule is CN(C)CCn1ccnc1[C@@H]1CCCN(C(=O)Cc2ccc3c(c2)OCO3)C1. The van der Waals surface area contributed by atoms with Crippen LogP contribution in [0.1, 0.15) is 30.1 Å². The Hall–Kier alpha value is -2.54. The Bertz CT molecular complexity index is 833. The molecule has 0 saturated carbocycles. The van der Waals surface area contributed by atoms with E-state index >= 15 is 0 Å². The molecule has 0 bridgehead atoms. The van der Waals surface area contributed by atoms with E-state index in [2.05, 4.69) is 28.5 Å². The zero-order chi connectivity index (χ0) is 19.5. The van der Waals surface area contributed by atoms with Gasteiger partial charge < -0.3 is 23.8 Å². The van der Waals surface area contributed by atoms with Crippen LogP contribution in [0.15, 0.2) is 30.6 Å². The van der Waals surface area contributed by atoms with Crippen LogP contribution in [0, 0.1) is 0 Å². The third kappa shape index (κ3) is 4.14. The number of likely N-dealkylation sites (tertiary alicyclic amines) is 1. The monoisotopic (exact) mass is 384 g/mol. The van der Waals surface area contributed by atoms with Gasteiger partial charge in [-0.2, -0.15) is 0 Å². The number of ether oxygens (including phenoxy) is 2. The number of benzene rings is 1. The summed E-state index contributed by atoms with van der Waals surface area (Å²) < 4.78 is 13.0. The Labute approximate surface area is 165 Å². The van der Waals surface area contributed by atoms with Gasteiger partial charge >= 0.3 is 0 Å². The lowest BCUT2D eigenvalue weighted by atomic mass is 9.96. The Balaban J connectivity index is 1.40. The van der Waals surface area contributed by atoms with E-state index in [0.717, 1.165) is 61.9 Å². The molecule has 150 valence electrons. The fourth-order valence-electron chi connectivity index (χ4n) is 3.93. The molecule has 3 heterocycles. The van der Waals surface area contributed by atoms with Gasteiger partial charge in [-0.25, -0.2) is 4.98 Å². The van der Waals surface area contributed by atoms with Crippen molar-refractivity contribution < 1.29 is 14.3 Å². The number of likely N-dealkylation sites (N-methyl/N-ethyl adjacent to an activating group) is 1. The minimum Gasteiger partial charge on any atom is -0.454 e. The fourth-order valence-corrected chi connectivity index (χ4v) is 3.93. The van der Waals surface area contributed by atoms with Crippen molar-refractivity contribution in [2.24, 2.45) is 0 Å². The predicted molar refractivity (Wildman–Crippen MR) is 106 cm³/mol. The normalized spacial score (nSPS) is 18.7. The summed E-state index contributed by atoms with van der Waals surface area (Å²) >= 11 is 0. The topological polar surface area (TPSA) is 59.8 Å². The minimum atomic E-state index is 0.162. The maximum Gasteiger partial charge on any atom is 0.231 e. The van der Waals surface area contributed by atoms with Crippen molar-refractivity contribution in [2.75, 3.05) is 40.5 Å². The Kier molecular flexibility index (Phi) is 5.52. The van der Waals surface area contributed by atoms with Crippen molar-refractivity contribution in [3.8, 4) is 11.5 Å². The fraction of sp³-hybridized carbons (Fsp3) is 0.524. The Morgan fingerprint density at radius 3 is 3.00 bits per heavy atom. The highest BCUT2D eigenvalue weighted by Gasteiger charge is 2.27. The molecule has 1 amide bonds. The predicted octanol–water partition coefficient (Wildman–Crippen LogP) is 2.12. The van der Waals surface area contributed by atoms with Gasteiger partial charge in [-0.15, -0.1) is 0 Å². The first kappa shape index (κ1) is 18.8. The van der Waals surface area contributed by atoms with Crippen LogP contribution in [0.5, 0.6) is 11.5 Å². The van der Waals surface area contributed by atoms with Gasteiger partial charge in [0.05, 0.1) is 6.42 Å². The molecule has 2 aliphatic rings. The molecule has 1 saturated heterocycles. The number of fused-ring (bicyclic) bond motifs is 1. The summed E-state index contributed by atoms with van der Waals surface area (Å²) in [6, 6.07) is 5.74. The van der Waals surface area contributed by atoms with Crippen molar-refractivity contribution >= 4 is 5.91 Å². The molecule has 1 aromatic heterocycles. The van der Waals surface area contributed by atoms with Crippen molar-refractivity contribution in [1.29, 1.82) is 0 Å². The second-order valence-electron chi connectivity index (χ2n) is 7.83. The van der Waals surface area contributed by atoms with Gasteiger partial charge in [0.2, 0.25) is 12.7 Å². The van der Waals surface area contributed by atoms with Crippen molar-refractivity contribution in [1.82, 2.24) is 19.4 Å². The van der Waals surface area contributed by atoms with E-state index < -0.39 is 0 Å². The largest absolute Gasteiger partial charge is 0.454 e. The van der Waals surface area contributed by atoms with Crippen LogP contribution in [0.2, 0.25) is 0 Å². The molecule has 0 unspecified atom stereocenters. The molecule has 0 N–H and O–H groups in total. The lowest BCUT2D eigenvalue weighted by Crippen LogP contribution is -2.40. The third-order valence-corrected chi connectivity index (χ3v) is 5.47. The van der Waals surface area contributed by atoms with E-state index in [1.165, 1.54) is 0 Å². The van der Waals surface area contributed by atoms with Gasteiger partial charge in [0, 0.05) is 44.5 Å². The molecule has 1 fully saturated rings. The number of carbonyl (C=O) groups is 1. The summed E-state index contributed by atoms with van der Waals surface area (Å²) in [5.41, 5.74) is 0.962. The van der Waals surface area contributed by atoms with Gasteiger partial charge in [0.1, 0.15) is 5.82 Å². The van der Waals surface area contributed by atoms with E-state index in [1.807, 2.05) is 35.5 Å². The van der Waals surface area contributed by atoms with E-state index in [0.29, 0.717) is 12.3 Å². The molecule has 2 aliphatic heterocycles. The average Bonchev–Trinajstić information content (AvgIpc) is 3.35. The number of hydrogen-bond acceptors (Lipinski definition) is 5. The number of nitrogens with zero attached hydrogens (tertiary/aromatic N) is 4. The first-order valence-corrected chi connectivity index (χ1v) is 9.92. The molecule has 28 heavy (non-hydrogen) atoms. The van der Waals surface area contributed by atoms with Crippen LogP contribution in [-0.4, -0.2) is 65.8 Å². The zero-order valence-electron chi connectivity index (χ0n) is 16.6. The molecule has 1 atom stereocenters. The first-order valence-electron chi connectivity index (χ1n) is 9.92. The summed E-state index contributed by atoms with van der Waals surface area (Å²) in [5, 5.41) is 0. The van der Waals surface area contributed by atoms with Gasteiger partial charge in [-0.3, -0.25) is 4.79 Å². The highest BCUT2D eigenvalue weighted by Crippen LogP contribution is 2.33. The standard InChI is InChI=1S/C21H28N4O3/c1-23(2)10-11-24-9-7-22-21(24)17-4-3-8-25(14-17)20(26)13-16-5-6-18-19(12-16)28-15-27-18/h5-7,9,12,17H,3-4,8,10-11,13-15H2,1-2H3/t17-/m1/s1. The number of amides is 1. The number of hydrogen-bond donors (Lipinski definition) is 0. The molecular formula is C21H28N4O3. The van der Waals surface area contributed by atoms with Crippen molar-refractivity contribution in [3.63, 3.8) is 0 Å². The first-order chi connectivity index (χ1) is 13.6. The van der Waals surface area contributed by atoms with E-state index in [4.69, 9.17) is 9.47 Å². The van der Waals surface area contributed by atoms with E-state index in [9.17, 15) is 4.79 Å². The van der Waals surface area contributed by atoms with Crippen molar-refractivity contribution in [2.45, 2.75) is 31.7 Å². The van der Waals surface area contributed by atoms with Crippen LogP contribution in [0.4, 0.5) is 0 Å². The van der Waals surface area contributed by atoms with Crippen LogP contribution in [0.25, 0.3) is 0 Å². The number of imidazole rings is 1.